The van der Waals surface area contributed by atoms with Gasteiger partial charge >= 0.3 is 0 Å². The Morgan fingerprint density at radius 2 is 2.26 bits per heavy atom. The molecule has 1 aromatic rings. The van der Waals surface area contributed by atoms with E-state index in [4.69, 9.17) is 5.73 Å². The van der Waals surface area contributed by atoms with Gasteiger partial charge in [-0.25, -0.2) is 4.98 Å². The monoisotopic (exact) mass is 316 g/mol. The molecule has 1 amide bonds. The van der Waals surface area contributed by atoms with Gasteiger partial charge in [0, 0.05) is 43.4 Å². The van der Waals surface area contributed by atoms with Crippen molar-refractivity contribution in [3.63, 3.8) is 0 Å². The molecule has 0 bridgehead atoms. The normalized spacial score (nSPS) is 25.3. The third-order valence-electron chi connectivity index (χ3n) is 5.30. The topological polar surface area (TPSA) is 71.2 Å². The first-order valence-corrected chi connectivity index (χ1v) is 8.89. The number of aromatic nitrogens is 1. The number of amides is 1. The van der Waals surface area contributed by atoms with Gasteiger partial charge in [0.25, 0.3) is 0 Å². The Hall–Kier alpha value is -1.62. The molecule has 1 saturated carbocycles. The van der Waals surface area contributed by atoms with Gasteiger partial charge in [0.05, 0.1) is 0 Å². The van der Waals surface area contributed by atoms with Crippen LogP contribution in [-0.4, -0.2) is 34.9 Å². The van der Waals surface area contributed by atoms with Crippen LogP contribution in [0.25, 0.3) is 0 Å². The number of hydrogen-bond donors (Lipinski definition) is 2. The van der Waals surface area contributed by atoms with Crippen LogP contribution in [0.3, 0.4) is 0 Å². The van der Waals surface area contributed by atoms with Crippen LogP contribution in [0, 0.1) is 11.8 Å². The highest BCUT2D eigenvalue weighted by Crippen LogP contribution is 2.29. The summed E-state index contributed by atoms with van der Waals surface area (Å²) >= 11 is 0. The zero-order valence-electron chi connectivity index (χ0n) is 14.0. The van der Waals surface area contributed by atoms with Crippen LogP contribution in [0.2, 0.25) is 0 Å². The maximum absolute atomic E-state index is 12.3. The van der Waals surface area contributed by atoms with Crippen LogP contribution < -0.4 is 11.1 Å². The smallest absolute Gasteiger partial charge is 0.223 e. The molecular weight excluding hydrogens is 288 g/mol. The van der Waals surface area contributed by atoms with E-state index >= 15 is 0 Å². The van der Waals surface area contributed by atoms with E-state index in [1.54, 1.807) is 6.20 Å². The molecule has 23 heavy (non-hydrogen) atoms. The second-order valence-electron chi connectivity index (χ2n) is 7.03. The summed E-state index contributed by atoms with van der Waals surface area (Å²) in [5.41, 5.74) is 7.04. The Kier molecular flexibility index (Phi) is 5.16. The molecule has 0 aromatic carbocycles. The molecule has 2 atom stereocenters. The lowest BCUT2D eigenvalue weighted by molar-refractivity contribution is -0.128. The van der Waals surface area contributed by atoms with Gasteiger partial charge < -0.3 is 11.1 Å². The van der Waals surface area contributed by atoms with E-state index in [1.807, 2.05) is 12.1 Å². The lowest BCUT2D eigenvalue weighted by atomic mass is 9.84. The van der Waals surface area contributed by atoms with Gasteiger partial charge in [0.2, 0.25) is 5.91 Å². The largest absolute Gasteiger partial charge is 0.383 e. The summed E-state index contributed by atoms with van der Waals surface area (Å²) in [5.74, 6) is 1.69. The van der Waals surface area contributed by atoms with Gasteiger partial charge in [-0.2, -0.15) is 0 Å². The van der Waals surface area contributed by atoms with Crippen molar-refractivity contribution >= 4 is 11.7 Å². The van der Waals surface area contributed by atoms with E-state index in [0.29, 0.717) is 11.7 Å². The fourth-order valence-corrected chi connectivity index (χ4v) is 3.71. The van der Waals surface area contributed by atoms with Crippen molar-refractivity contribution in [3.8, 4) is 0 Å². The van der Waals surface area contributed by atoms with E-state index in [1.165, 1.54) is 6.42 Å². The summed E-state index contributed by atoms with van der Waals surface area (Å²) in [5, 5.41) is 3.32. The van der Waals surface area contributed by atoms with Gasteiger partial charge in [-0.05, 0) is 31.2 Å². The molecule has 0 spiro atoms. The van der Waals surface area contributed by atoms with Crippen molar-refractivity contribution in [2.75, 3.05) is 18.8 Å². The number of rotatable bonds is 6. The number of anilines is 1. The summed E-state index contributed by atoms with van der Waals surface area (Å²) in [6.07, 6.45) is 7.37. The SMILES string of the molecule is CCC[C@H]1CN(Cc2cccnc2N)C[C@@H]1NC(=O)C1CCC1. The van der Waals surface area contributed by atoms with Gasteiger partial charge in [0.15, 0.2) is 0 Å². The van der Waals surface area contributed by atoms with E-state index in [-0.39, 0.29) is 17.9 Å². The maximum atomic E-state index is 12.3. The minimum Gasteiger partial charge on any atom is -0.383 e. The van der Waals surface area contributed by atoms with Gasteiger partial charge in [-0.15, -0.1) is 0 Å². The Bertz CT molecular complexity index is 544. The Morgan fingerprint density at radius 1 is 1.43 bits per heavy atom. The number of pyridine rings is 1. The summed E-state index contributed by atoms with van der Waals surface area (Å²) < 4.78 is 0. The van der Waals surface area contributed by atoms with Crippen LogP contribution in [0.1, 0.15) is 44.6 Å². The number of nitrogens with one attached hydrogen (secondary N) is 1. The maximum Gasteiger partial charge on any atom is 0.223 e. The quantitative estimate of drug-likeness (QED) is 0.844. The summed E-state index contributed by atoms with van der Waals surface area (Å²) in [7, 11) is 0. The highest BCUT2D eigenvalue weighted by atomic mass is 16.2. The molecule has 3 rings (SSSR count). The first-order chi connectivity index (χ1) is 11.2. The first-order valence-electron chi connectivity index (χ1n) is 8.89. The van der Waals surface area contributed by atoms with E-state index in [9.17, 15) is 4.79 Å². The molecule has 0 unspecified atom stereocenters. The predicted octanol–water partition coefficient (Wildman–Crippen LogP) is 2.18. The highest BCUT2D eigenvalue weighted by molar-refractivity contribution is 5.79. The summed E-state index contributed by atoms with van der Waals surface area (Å²) in [4.78, 5) is 18.9. The summed E-state index contributed by atoms with van der Waals surface area (Å²) in [6.45, 7) is 4.97. The molecule has 2 aliphatic rings. The number of carbonyl (C=O) groups excluding carboxylic acids is 1. The van der Waals surface area contributed by atoms with Gasteiger partial charge in [-0.3, -0.25) is 9.69 Å². The van der Waals surface area contributed by atoms with Crippen LogP contribution in [-0.2, 0) is 11.3 Å². The average Bonchev–Trinajstić information content (AvgIpc) is 2.81. The van der Waals surface area contributed by atoms with Crippen LogP contribution in [0.4, 0.5) is 5.82 Å². The van der Waals surface area contributed by atoms with E-state index in [2.05, 4.69) is 22.1 Å². The number of nitrogens with zero attached hydrogens (tertiary/aromatic N) is 2. The number of carbonyl (C=O) groups is 1. The Morgan fingerprint density at radius 3 is 2.91 bits per heavy atom. The van der Waals surface area contributed by atoms with Crippen LogP contribution in [0.5, 0.6) is 0 Å². The average molecular weight is 316 g/mol. The minimum atomic E-state index is 0.264. The van der Waals surface area contributed by atoms with Crippen molar-refractivity contribution in [3.05, 3.63) is 23.9 Å². The fourth-order valence-electron chi connectivity index (χ4n) is 3.71. The highest BCUT2D eigenvalue weighted by Gasteiger charge is 2.35. The predicted molar refractivity (Wildman–Crippen MR) is 91.6 cm³/mol. The van der Waals surface area contributed by atoms with Crippen molar-refractivity contribution in [2.24, 2.45) is 11.8 Å². The summed E-state index contributed by atoms with van der Waals surface area (Å²) in [6, 6.07) is 4.25. The standard InChI is InChI=1S/C18H28N4O/c1-2-5-14-10-22(11-15-8-4-9-20-17(15)19)12-16(14)21-18(23)13-6-3-7-13/h4,8-9,13-14,16H,2-3,5-7,10-12H2,1H3,(H2,19,20)(H,21,23)/t14-,16-/m0/s1. The van der Waals surface area contributed by atoms with Crippen LogP contribution in [0.15, 0.2) is 18.3 Å². The molecule has 1 aromatic heterocycles. The second-order valence-corrected chi connectivity index (χ2v) is 7.03. The number of nitrogens with two attached hydrogens (primary N) is 1. The lowest BCUT2D eigenvalue weighted by Crippen LogP contribution is -2.45. The lowest BCUT2D eigenvalue weighted by Gasteiger charge is -2.27. The molecule has 3 N–H and O–H groups in total. The zero-order chi connectivity index (χ0) is 16.2. The first kappa shape index (κ1) is 16.2. The van der Waals surface area contributed by atoms with Crippen molar-refractivity contribution in [2.45, 2.75) is 51.6 Å². The molecule has 5 nitrogen and oxygen atoms in total. The third kappa shape index (κ3) is 3.83. The van der Waals surface area contributed by atoms with Gasteiger partial charge in [0.1, 0.15) is 5.82 Å². The molecule has 1 aliphatic heterocycles. The Balaban J connectivity index is 1.60. The molecule has 2 heterocycles. The zero-order valence-corrected chi connectivity index (χ0v) is 14.0. The van der Waals surface area contributed by atoms with E-state index in [0.717, 1.165) is 50.9 Å². The van der Waals surface area contributed by atoms with E-state index < -0.39 is 0 Å². The molecular formula is C18H28N4O. The fraction of sp³-hybridized carbons (Fsp3) is 0.667. The molecule has 0 radical (unpaired) electrons. The van der Waals surface area contributed by atoms with Crippen LogP contribution >= 0.6 is 0 Å². The van der Waals surface area contributed by atoms with Gasteiger partial charge in [-0.1, -0.05) is 25.8 Å². The number of hydrogen-bond acceptors (Lipinski definition) is 4. The molecule has 126 valence electrons. The second kappa shape index (κ2) is 7.30. The Labute approximate surface area is 138 Å². The molecule has 5 heteroatoms. The molecule has 1 saturated heterocycles. The third-order valence-corrected chi connectivity index (χ3v) is 5.30. The van der Waals surface area contributed by atoms with Crippen molar-refractivity contribution in [1.29, 1.82) is 0 Å². The van der Waals surface area contributed by atoms with Crippen molar-refractivity contribution in [1.82, 2.24) is 15.2 Å². The molecule has 1 aliphatic carbocycles. The molecule has 2 fully saturated rings. The van der Waals surface area contributed by atoms with Crippen molar-refractivity contribution < 1.29 is 4.79 Å². The minimum absolute atomic E-state index is 0.264. The number of nitrogen functional groups attached to an aromatic ring is 1. The number of likely N-dealkylation sites (tertiary alicyclic amines) is 1.